The van der Waals surface area contributed by atoms with Crippen LogP contribution >= 0.6 is 0 Å². The molecule has 2 amide bonds. The van der Waals surface area contributed by atoms with Crippen molar-refractivity contribution in [2.75, 3.05) is 32.8 Å². The van der Waals surface area contributed by atoms with Gasteiger partial charge < -0.3 is 19.3 Å². The lowest BCUT2D eigenvalue weighted by Crippen LogP contribution is -2.63. The second-order valence-corrected chi connectivity index (χ2v) is 10.2. The van der Waals surface area contributed by atoms with Gasteiger partial charge in [0, 0.05) is 24.2 Å². The van der Waals surface area contributed by atoms with E-state index in [4.69, 9.17) is 9.47 Å². The predicted molar refractivity (Wildman–Crippen MR) is 143 cm³/mol. The Bertz CT molecular complexity index is 1270. The molecule has 0 bridgehead atoms. The average Bonchev–Trinajstić information content (AvgIpc) is 2.92. The van der Waals surface area contributed by atoms with Crippen LogP contribution in [0.1, 0.15) is 49.2 Å². The van der Waals surface area contributed by atoms with Crippen LogP contribution in [-0.2, 0) is 16.0 Å². The molecule has 1 spiro atoms. The van der Waals surface area contributed by atoms with Gasteiger partial charge in [0.2, 0.25) is 0 Å². The molecular formula is C30H35N3O4. The van der Waals surface area contributed by atoms with Crippen molar-refractivity contribution in [3.8, 4) is 5.75 Å². The molecule has 194 valence electrons. The number of ether oxygens (including phenoxy) is 2. The molecule has 2 aliphatic heterocycles. The summed E-state index contributed by atoms with van der Waals surface area (Å²) in [6.07, 6.45) is 4.81. The van der Waals surface area contributed by atoms with Crippen LogP contribution in [0.15, 0.2) is 60.8 Å². The number of fused-ring (bicyclic) bond motifs is 2. The number of rotatable bonds is 2. The van der Waals surface area contributed by atoms with Crippen molar-refractivity contribution >= 4 is 22.6 Å². The molecule has 1 atom stereocenters. The van der Waals surface area contributed by atoms with E-state index in [0.717, 1.165) is 35.8 Å². The fraction of sp³-hybridized carbons (Fsp3) is 0.433. The Labute approximate surface area is 218 Å². The number of aryl methyl sites for hydroxylation is 1. The van der Waals surface area contributed by atoms with Crippen LogP contribution in [0.4, 0.5) is 0 Å². The minimum absolute atomic E-state index is 0.0272. The maximum atomic E-state index is 14.1. The fourth-order valence-corrected chi connectivity index (χ4v) is 5.47. The quantitative estimate of drug-likeness (QED) is 0.518. The number of aromatic nitrogens is 1. The molecule has 37 heavy (non-hydrogen) atoms. The van der Waals surface area contributed by atoms with Crippen molar-refractivity contribution in [1.29, 1.82) is 0 Å². The zero-order valence-corrected chi connectivity index (χ0v) is 21.7. The van der Waals surface area contributed by atoms with Gasteiger partial charge in [0.25, 0.3) is 11.8 Å². The van der Waals surface area contributed by atoms with Crippen LogP contribution in [0, 0.1) is 0 Å². The first-order chi connectivity index (χ1) is 18.0. The van der Waals surface area contributed by atoms with E-state index < -0.39 is 5.60 Å². The van der Waals surface area contributed by atoms with Gasteiger partial charge in [0.05, 0.1) is 19.7 Å². The highest BCUT2D eigenvalue weighted by Crippen LogP contribution is 2.31. The molecular weight excluding hydrogens is 466 g/mol. The average molecular weight is 502 g/mol. The second kappa shape index (κ2) is 10.9. The fourth-order valence-electron chi connectivity index (χ4n) is 5.47. The Hall–Kier alpha value is -3.45. The summed E-state index contributed by atoms with van der Waals surface area (Å²) in [5.74, 6) is 0.664. The molecule has 1 aromatic heterocycles. The van der Waals surface area contributed by atoms with Crippen molar-refractivity contribution in [2.24, 2.45) is 0 Å². The number of nitrogens with zero attached hydrogens (tertiary/aromatic N) is 3. The highest BCUT2D eigenvalue weighted by Gasteiger charge is 2.47. The topological polar surface area (TPSA) is 72.0 Å². The molecule has 2 aromatic carbocycles. The van der Waals surface area contributed by atoms with Gasteiger partial charge in [-0.25, -0.2) is 0 Å². The van der Waals surface area contributed by atoms with Gasteiger partial charge >= 0.3 is 0 Å². The summed E-state index contributed by atoms with van der Waals surface area (Å²) in [6, 6.07) is 17.8. The van der Waals surface area contributed by atoms with Crippen LogP contribution < -0.4 is 4.74 Å². The molecule has 7 heteroatoms. The standard InChI is InChI=1S/C30H35N3O4/c1-22(2)33-18-19-36-26-13-6-4-10-24(26)11-7-8-15-30(29(33)35)21-32(17-20-37-30)28(34)27-25-12-5-3-9-23(25)14-16-31-27/h3-6,9-10,12-14,16,22H,7-8,11,15,17-21H2,1-2H3. The number of pyridine rings is 1. The lowest BCUT2D eigenvalue weighted by atomic mass is 9.90. The minimum atomic E-state index is -1.08. The Morgan fingerprint density at radius 2 is 1.81 bits per heavy atom. The van der Waals surface area contributed by atoms with E-state index in [9.17, 15) is 9.59 Å². The number of carbonyl (C=O) groups is 2. The van der Waals surface area contributed by atoms with Gasteiger partial charge in [-0.1, -0.05) is 42.5 Å². The molecule has 3 aromatic rings. The van der Waals surface area contributed by atoms with E-state index >= 15 is 0 Å². The van der Waals surface area contributed by atoms with Gasteiger partial charge in [-0.2, -0.15) is 0 Å². The first-order valence-electron chi connectivity index (χ1n) is 13.3. The van der Waals surface area contributed by atoms with E-state index in [0.29, 0.717) is 38.4 Å². The van der Waals surface area contributed by atoms with Crippen LogP contribution in [0.2, 0.25) is 0 Å². The molecule has 0 radical (unpaired) electrons. The third-order valence-electron chi connectivity index (χ3n) is 7.46. The molecule has 1 fully saturated rings. The Balaban J connectivity index is 1.43. The number of hydrogen-bond acceptors (Lipinski definition) is 5. The van der Waals surface area contributed by atoms with Crippen molar-refractivity contribution in [3.63, 3.8) is 0 Å². The maximum Gasteiger partial charge on any atom is 0.273 e. The Morgan fingerprint density at radius 3 is 2.68 bits per heavy atom. The molecule has 1 saturated heterocycles. The van der Waals surface area contributed by atoms with Crippen LogP contribution in [0.3, 0.4) is 0 Å². The lowest BCUT2D eigenvalue weighted by molar-refractivity contribution is -0.172. The van der Waals surface area contributed by atoms with Gasteiger partial charge in [-0.05, 0) is 62.6 Å². The Morgan fingerprint density at radius 1 is 1.00 bits per heavy atom. The number of benzene rings is 2. The predicted octanol–water partition coefficient (Wildman–Crippen LogP) is 4.49. The summed E-state index contributed by atoms with van der Waals surface area (Å²) in [6.45, 7) is 5.84. The van der Waals surface area contributed by atoms with Crippen molar-refractivity contribution < 1.29 is 19.1 Å². The molecule has 2 aliphatic rings. The third kappa shape index (κ3) is 5.18. The zero-order valence-electron chi connectivity index (χ0n) is 21.7. The van der Waals surface area contributed by atoms with E-state index in [1.807, 2.05) is 67.3 Å². The number of amides is 2. The third-order valence-corrected chi connectivity index (χ3v) is 7.46. The summed E-state index contributed by atoms with van der Waals surface area (Å²) < 4.78 is 12.4. The summed E-state index contributed by atoms with van der Waals surface area (Å²) in [5, 5.41) is 1.79. The van der Waals surface area contributed by atoms with Gasteiger partial charge in [0.15, 0.2) is 5.60 Å². The molecule has 3 heterocycles. The number of hydrogen-bond donors (Lipinski definition) is 0. The van der Waals surface area contributed by atoms with Crippen molar-refractivity contribution in [3.05, 3.63) is 72.1 Å². The Kier molecular flexibility index (Phi) is 7.42. The van der Waals surface area contributed by atoms with Crippen LogP contribution in [0.5, 0.6) is 5.75 Å². The van der Waals surface area contributed by atoms with E-state index in [1.54, 1.807) is 11.1 Å². The molecule has 0 N–H and O–H groups in total. The zero-order chi connectivity index (χ0) is 25.8. The van der Waals surface area contributed by atoms with Crippen LogP contribution in [0.25, 0.3) is 10.8 Å². The van der Waals surface area contributed by atoms with E-state index in [-0.39, 0.29) is 24.4 Å². The lowest BCUT2D eigenvalue weighted by Gasteiger charge is -2.45. The van der Waals surface area contributed by atoms with E-state index in [1.165, 1.54) is 5.56 Å². The molecule has 0 aliphatic carbocycles. The summed E-state index contributed by atoms with van der Waals surface area (Å²) >= 11 is 0. The SMILES string of the molecule is CC(C)N1CCOc2ccccc2CCCCC2(CN(C(=O)c3nccc4ccccc34)CCO2)C1=O. The highest BCUT2D eigenvalue weighted by atomic mass is 16.5. The maximum absolute atomic E-state index is 14.1. The van der Waals surface area contributed by atoms with Gasteiger partial charge in [-0.3, -0.25) is 14.6 Å². The molecule has 5 rings (SSSR count). The minimum Gasteiger partial charge on any atom is -0.491 e. The molecule has 7 nitrogen and oxygen atoms in total. The normalized spacial score (nSPS) is 21.3. The van der Waals surface area contributed by atoms with Gasteiger partial charge in [0.1, 0.15) is 18.1 Å². The smallest absolute Gasteiger partial charge is 0.273 e. The largest absolute Gasteiger partial charge is 0.491 e. The first-order valence-corrected chi connectivity index (χ1v) is 13.3. The second-order valence-electron chi connectivity index (χ2n) is 10.2. The van der Waals surface area contributed by atoms with Crippen molar-refractivity contribution in [2.45, 2.75) is 51.2 Å². The molecule has 1 unspecified atom stereocenters. The summed E-state index contributed by atoms with van der Waals surface area (Å²) in [5.41, 5.74) is 0.519. The first kappa shape index (κ1) is 25.2. The number of morpholine rings is 1. The summed E-state index contributed by atoms with van der Waals surface area (Å²) in [4.78, 5) is 35.9. The summed E-state index contributed by atoms with van der Waals surface area (Å²) in [7, 11) is 0. The van der Waals surface area contributed by atoms with Crippen LogP contribution in [-0.4, -0.2) is 71.1 Å². The van der Waals surface area contributed by atoms with E-state index in [2.05, 4.69) is 11.1 Å². The highest BCUT2D eigenvalue weighted by molar-refractivity contribution is 6.05. The monoisotopic (exact) mass is 501 g/mol. The van der Waals surface area contributed by atoms with Crippen molar-refractivity contribution in [1.82, 2.24) is 14.8 Å². The van der Waals surface area contributed by atoms with Gasteiger partial charge in [-0.15, -0.1) is 0 Å². The molecule has 0 saturated carbocycles. The number of carbonyl (C=O) groups excluding carboxylic acids is 2. The number of para-hydroxylation sites is 1.